The Hall–Kier alpha value is -1.40. The fraction of sp³-hybridized carbons (Fsp3) is 0.300. The highest BCUT2D eigenvalue weighted by Crippen LogP contribution is 2.14. The molecule has 2 aromatic heterocycles. The molecular formula is C10H12ClN5S. The van der Waals surface area contributed by atoms with E-state index < -0.39 is 0 Å². The fourth-order valence-corrected chi connectivity index (χ4v) is 2.43. The van der Waals surface area contributed by atoms with Gasteiger partial charge in [-0.25, -0.2) is 0 Å². The first-order valence-corrected chi connectivity index (χ1v) is 6.35. The number of anilines is 2. The van der Waals surface area contributed by atoms with Gasteiger partial charge in [-0.1, -0.05) is 6.07 Å². The predicted molar refractivity (Wildman–Crippen MR) is 70.4 cm³/mol. The van der Waals surface area contributed by atoms with Crippen molar-refractivity contribution in [2.45, 2.75) is 19.4 Å². The molecule has 0 aliphatic rings. The van der Waals surface area contributed by atoms with E-state index in [0.717, 1.165) is 6.42 Å². The molecule has 17 heavy (non-hydrogen) atoms. The van der Waals surface area contributed by atoms with Crippen molar-refractivity contribution in [2.75, 3.05) is 11.1 Å². The summed E-state index contributed by atoms with van der Waals surface area (Å²) in [5.41, 5.74) is 5.49. The van der Waals surface area contributed by atoms with Gasteiger partial charge in [0.25, 0.3) is 0 Å². The van der Waals surface area contributed by atoms with E-state index in [1.54, 1.807) is 11.3 Å². The maximum absolute atomic E-state index is 5.70. The van der Waals surface area contributed by atoms with Gasteiger partial charge in [-0.15, -0.1) is 11.3 Å². The van der Waals surface area contributed by atoms with Gasteiger partial charge in [0.2, 0.25) is 17.2 Å². The van der Waals surface area contributed by atoms with E-state index in [0.29, 0.717) is 5.95 Å². The predicted octanol–water partition coefficient (Wildman–Crippen LogP) is 2.21. The zero-order valence-electron chi connectivity index (χ0n) is 9.22. The van der Waals surface area contributed by atoms with Gasteiger partial charge in [0.15, 0.2) is 0 Å². The average molecular weight is 270 g/mol. The summed E-state index contributed by atoms with van der Waals surface area (Å²) in [6.07, 6.45) is 0.904. The molecule has 90 valence electrons. The van der Waals surface area contributed by atoms with Gasteiger partial charge >= 0.3 is 0 Å². The molecule has 0 aliphatic heterocycles. The molecule has 0 amide bonds. The smallest absolute Gasteiger partial charge is 0.229 e. The van der Waals surface area contributed by atoms with Crippen molar-refractivity contribution in [3.63, 3.8) is 0 Å². The van der Waals surface area contributed by atoms with Gasteiger partial charge in [0.05, 0.1) is 0 Å². The fourth-order valence-electron chi connectivity index (χ4n) is 1.43. The van der Waals surface area contributed by atoms with E-state index >= 15 is 0 Å². The van der Waals surface area contributed by atoms with E-state index in [1.807, 2.05) is 13.0 Å². The third kappa shape index (κ3) is 3.54. The van der Waals surface area contributed by atoms with Crippen LogP contribution in [-0.4, -0.2) is 21.0 Å². The number of thiophene rings is 1. The van der Waals surface area contributed by atoms with Crippen LogP contribution in [0.1, 0.15) is 11.8 Å². The maximum atomic E-state index is 5.70. The largest absolute Gasteiger partial charge is 0.368 e. The summed E-state index contributed by atoms with van der Waals surface area (Å²) in [5.74, 6) is 0.530. The number of halogens is 1. The van der Waals surface area contributed by atoms with Crippen LogP contribution in [0.3, 0.4) is 0 Å². The molecule has 2 aromatic rings. The third-order valence-electron chi connectivity index (χ3n) is 2.09. The molecule has 0 spiro atoms. The lowest BCUT2D eigenvalue weighted by molar-refractivity contribution is 0.784. The zero-order chi connectivity index (χ0) is 12.3. The second-order valence-electron chi connectivity index (χ2n) is 3.62. The molecule has 0 saturated carbocycles. The molecule has 2 rings (SSSR count). The number of aromatic nitrogens is 3. The minimum atomic E-state index is 0.100. The van der Waals surface area contributed by atoms with E-state index in [1.165, 1.54) is 4.88 Å². The lowest BCUT2D eigenvalue weighted by atomic mass is 10.2. The van der Waals surface area contributed by atoms with Crippen molar-refractivity contribution < 1.29 is 0 Å². The minimum Gasteiger partial charge on any atom is -0.368 e. The van der Waals surface area contributed by atoms with Crippen LogP contribution >= 0.6 is 22.9 Å². The summed E-state index contributed by atoms with van der Waals surface area (Å²) in [6.45, 7) is 2.05. The second kappa shape index (κ2) is 5.29. The highest BCUT2D eigenvalue weighted by atomic mass is 35.5. The Morgan fingerprint density at radius 2 is 2.29 bits per heavy atom. The van der Waals surface area contributed by atoms with Gasteiger partial charge in [0, 0.05) is 17.3 Å². The Morgan fingerprint density at radius 1 is 1.47 bits per heavy atom. The Morgan fingerprint density at radius 3 is 2.94 bits per heavy atom. The lowest BCUT2D eigenvalue weighted by Crippen LogP contribution is -2.20. The van der Waals surface area contributed by atoms with Crippen molar-refractivity contribution in [1.82, 2.24) is 15.0 Å². The molecule has 0 aromatic carbocycles. The van der Waals surface area contributed by atoms with Crippen LogP contribution in [0, 0.1) is 0 Å². The molecule has 3 N–H and O–H groups in total. The van der Waals surface area contributed by atoms with Crippen LogP contribution in [0.5, 0.6) is 0 Å². The number of rotatable bonds is 4. The summed E-state index contributed by atoms with van der Waals surface area (Å²) in [4.78, 5) is 12.9. The first-order valence-electron chi connectivity index (χ1n) is 5.09. The van der Waals surface area contributed by atoms with Gasteiger partial charge in [-0.3, -0.25) is 0 Å². The maximum Gasteiger partial charge on any atom is 0.229 e. The standard InChI is InChI=1S/C10H12ClN5S/c1-6(5-7-3-2-4-17-7)13-10-15-8(11)14-9(12)16-10/h2-4,6H,5H2,1H3,(H3,12,13,14,15,16). The van der Waals surface area contributed by atoms with Crippen molar-refractivity contribution in [3.8, 4) is 0 Å². The van der Waals surface area contributed by atoms with Gasteiger partial charge in [-0.05, 0) is 30.0 Å². The lowest BCUT2D eigenvalue weighted by Gasteiger charge is -2.12. The molecule has 7 heteroatoms. The number of nitrogens with zero attached hydrogens (tertiary/aromatic N) is 3. The number of nitrogens with two attached hydrogens (primary N) is 1. The van der Waals surface area contributed by atoms with Gasteiger partial charge in [-0.2, -0.15) is 15.0 Å². The Kier molecular flexibility index (Phi) is 3.75. The zero-order valence-corrected chi connectivity index (χ0v) is 10.8. The Bertz CT molecular complexity index is 467. The minimum absolute atomic E-state index is 0.100. The van der Waals surface area contributed by atoms with Crippen molar-refractivity contribution in [2.24, 2.45) is 0 Å². The monoisotopic (exact) mass is 269 g/mol. The van der Waals surface area contributed by atoms with Gasteiger partial charge in [0.1, 0.15) is 0 Å². The highest BCUT2D eigenvalue weighted by Gasteiger charge is 2.08. The highest BCUT2D eigenvalue weighted by molar-refractivity contribution is 7.09. The number of nitrogen functional groups attached to an aromatic ring is 1. The molecule has 0 saturated heterocycles. The van der Waals surface area contributed by atoms with Crippen LogP contribution in [0.4, 0.5) is 11.9 Å². The normalized spacial score (nSPS) is 12.4. The second-order valence-corrected chi connectivity index (χ2v) is 4.99. The van der Waals surface area contributed by atoms with Crippen molar-refractivity contribution >= 4 is 34.8 Å². The molecule has 0 radical (unpaired) electrons. The summed E-state index contributed by atoms with van der Waals surface area (Å²) in [6, 6.07) is 4.33. The van der Waals surface area contributed by atoms with Crippen molar-refractivity contribution in [1.29, 1.82) is 0 Å². The molecular weight excluding hydrogens is 258 g/mol. The molecule has 0 fully saturated rings. The summed E-state index contributed by atoms with van der Waals surface area (Å²) in [7, 11) is 0. The number of nitrogens with one attached hydrogen (secondary N) is 1. The number of hydrogen-bond acceptors (Lipinski definition) is 6. The van der Waals surface area contributed by atoms with E-state index in [2.05, 4.69) is 31.7 Å². The molecule has 0 bridgehead atoms. The van der Waals surface area contributed by atoms with Gasteiger partial charge < -0.3 is 11.1 Å². The molecule has 5 nitrogen and oxygen atoms in total. The molecule has 2 heterocycles. The van der Waals surface area contributed by atoms with Crippen LogP contribution in [0.15, 0.2) is 17.5 Å². The van der Waals surface area contributed by atoms with Crippen LogP contribution < -0.4 is 11.1 Å². The SMILES string of the molecule is CC(Cc1cccs1)Nc1nc(N)nc(Cl)n1. The Balaban J connectivity index is 2.00. The summed E-state index contributed by atoms with van der Waals surface area (Å²) < 4.78 is 0. The molecule has 0 aliphatic carbocycles. The quantitative estimate of drug-likeness (QED) is 0.890. The van der Waals surface area contributed by atoms with Crippen molar-refractivity contribution in [3.05, 3.63) is 27.7 Å². The third-order valence-corrected chi connectivity index (χ3v) is 3.16. The van der Waals surface area contributed by atoms with E-state index in [4.69, 9.17) is 17.3 Å². The van der Waals surface area contributed by atoms with Crippen LogP contribution in [-0.2, 0) is 6.42 Å². The molecule has 1 unspecified atom stereocenters. The van der Waals surface area contributed by atoms with E-state index in [9.17, 15) is 0 Å². The summed E-state index contributed by atoms with van der Waals surface area (Å²) in [5, 5.41) is 5.30. The topological polar surface area (TPSA) is 76.7 Å². The average Bonchev–Trinajstić information content (AvgIpc) is 2.67. The van der Waals surface area contributed by atoms with Crippen LogP contribution in [0.2, 0.25) is 5.28 Å². The number of hydrogen-bond donors (Lipinski definition) is 2. The Labute approximate surface area is 108 Å². The van der Waals surface area contributed by atoms with Crippen LogP contribution in [0.25, 0.3) is 0 Å². The summed E-state index contributed by atoms with van der Waals surface area (Å²) >= 11 is 7.42. The molecule has 1 atom stereocenters. The first kappa shape index (κ1) is 12.1. The first-order chi connectivity index (χ1) is 8.13. The van der Waals surface area contributed by atoms with E-state index in [-0.39, 0.29) is 17.3 Å².